The van der Waals surface area contributed by atoms with Crippen LogP contribution in [0.4, 0.5) is 0 Å². The average molecular weight is 583 g/mol. The summed E-state index contributed by atoms with van der Waals surface area (Å²) >= 11 is 0. The average Bonchev–Trinajstić information content (AvgIpc) is 3.57. The number of hydrogen-bond donors (Lipinski definition) is 0. The van der Waals surface area contributed by atoms with Crippen LogP contribution in [0, 0.1) is 0 Å². The Morgan fingerprint density at radius 3 is 1.74 bits per heavy atom. The van der Waals surface area contributed by atoms with Crippen molar-refractivity contribution < 1.29 is 4.74 Å². The van der Waals surface area contributed by atoms with E-state index in [0.29, 0.717) is 0 Å². The van der Waals surface area contributed by atoms with Crippen molar-refractivity contribution >= 4 is 21.5 Å². The molecule has 0 N–H and O–H groups in total. The third-order valence-electron chi connectivity index (χ3n) is 10.7. The topological polar surface area (TPSA) is 9.23 Å². The summed E-state index contributed by atoms with van der Waals surface area (Å²) in [5.41, 5.74) is 15.2. The molecule has 46 heavy (non-hydrogen) atoms. The van der Waals surface area contributed by atoms with Gasteiger partial charge in [-0.2, -0.15) is 0 Å². The Kier molecular flexibility index (Phi) is 4.57. The van der Waals surface area contributed by atoms with Crippen LogP contribution >= 0.6 is 0 Å². The van der Waals surface area contributed by atoms with Gasteiger partial charge in [0, 0.05) is 16.5 Å². The van der Waals surface area contributed by atoms with Crippen molar-refractivity contribution in [3.8, 4) is 56.0 Å². The number of ether oxygens (including phenoxy) is 1. The fourth-order valence-corrected chi connectivity index (χ4v) is 8.82. The molecule has 1 nitrogen and oxygen atoms in total. The van der Waals surface area contributed by atoms with Crippen LogP contribution in [0.3, 0.4) is 0 Å². The second kappa shape index (κ2) is 8.62. The minimum atomic E-state index is -0.405. The van der Waals surface area contributed by atoms with Gasteiger partial charge in [-0.1, -0.05) is 127 Å². The highest BCUT2D eigenvalue weighted by atomic mass is 16.5. The van der Waals surface area contributed by atoms with E-state index in [1.54, 1.807) is 0 Å². The SMILES string of the molecule is c1ccc2c(c1)Oc1cccc3ccc(-c4ccc5c(c4)C4(c6ccccc6-c6ccccc64)c4cc6ccccc6cc4-5)c-2c13. The van der Waals surface area contributed by atoms with E-state index in [-0.39, 0.29) is 0 Å². The van der Waals surface area contributed by atoms with Gasteiger partial charge in [-0.3, -0.25) is 0 Å². The van der Waals surface area contributed by atoms with Gasteiger partial charge >= 0.3 is 0 Å². The number of benzene rings is 8. The van der Waals surface area contributed by atoms with Crippen molar-refractivity contribution in [3.63, 3.8) is 0 Å². The predicted octanol–water partition coefficient (Wildman–Crippen LogP) is 11.8. The molecule has 0 atom stereocenters. The molecule has 0 bridgehead atoms. The summed E-state index contributed by atoms with van der Waals surface area (Å²) < 4.78 is 6.45. The maximum atomic E-state index is 6.45. The summed E-state index contributed by atoms with van der Waals surface area (Å²) in [7, 11) is 0. The van der Waals surface area contributed by atoms with Gasteiger partial charge in [0.1, 0.15) is 11.5 Å². The summed E-state index contributed by atoms with van der Waals surface area (Å²) in [5, 5.41) is 4.93. The van der Waals surface area contributed by atoms with Crippen molar-refractivity contribution in [2.75, 3.05) is 0 Å². The van der Waals surface area contributed by atoms with Gasteiger partial charge in [0.25, 0.3) is 0 Å². The van der Waals surface area contributed by atoms with E-state index in [2.05, 4.69) is 158 Å². The molecule has 0 unspecified atom stereocenters. The van der Waals surface area contributed by atoms with E-state index in [1.165, 1.54) is 82.7 Å². The smallest absolute Gasteiger partial charge is 0.135 e. The lowest BCUT2D eigenvalue weighted by Gasteiger charge is -2.31. The fourth-order valence-electron chi connectivity index (χ4n) is 8.82. The maximum absolute atomic E-state index is 6.45. The van der Waals surface area contributed by atoms with Crippen LogP contribution in [0.25, 0.3) is 66.1 Å². The zero-order valence-electron chi connectivity index (χ0n) is 24.9. The van der Waals surface area contributed by atoms with Crippen molar-refractivity contribution in [1.82, 2.24) is 0 Å². The third-order valence-corrected chi connectivity index (χ3v) is 10.7. The lowest BCUT2D eigenvalue weighted by atomic mass is 9.70. The molecule has 0 aromatic heterocycles. The van der Waals surface area contributed by atoms with Gasteiger partial charge in [0.05, 0.1) is 5.41 Å². The molecule has 11 rings (SSSR count). The molecule has 1 spiro atoms. The lowest BCUT2D eigenvalue weighted by molar-refractivity contribution is 0.487. The number of hydrogen-bond acceptors (Lipinski definition) is 1. The summed E-state index contributed by atoms with van der Waals surface area (Å²) in [6.07, 6.45) is 0. The molecule has 0 saturated heterocycles. The summed E-state index contributed by atoms with van der Waals surface area (Å²) in [6.45, 7) is 0. The lowest BCUT2D eigenvalue weighted by Crippen LogP contribution is -2.25. The summed E-state index contributed by atoms with van der Waals surface area (Å²) in [6, 6.07) is 58.4. The quantitative estimate of drug-likeness (QED) is 0.187. The molecule has 8 aromatic rings. The third kappa shape index (κ3) is 2.91. The molecule has 8 aromatic carbocycles. The van der Waals surface area contributed by atoms with E-state index in [0.717, 1.165) is 17.1 Å². The molecule has 1 heteroatoms. The Morgan fingerprint density at radius 2 is 0.935 bits per heavy atom. The second-order valence-corrected chi connectivity index (χ2v) is 12.8. The van der Waals surface area contributed by atoms with E-state index >= 15 is 0 Å². The van der Waals surface area contributed by atoms with Crippen LogP contribution in [0.5, 0.6) is 11.5 Å². The molecule has 0 radical (unpaired) electrons. The highest BCUT2D eigenvalue weighted by Gasteiger charge is 2.51. The molecule has 1 aliphatic heterocycles. The second-order valence-electron chi connectivity index (χ2n) is 12.8. The predicted molar refractivity (Wildman–Crippen MR) is 189 cm³/mol. The highest BCUT2D eigenvalue weighted by molar-refractivity contribution is 6.10. The van der Waals surface area contributed by atoms with Crippen LogP contribution in [0.1, 0.15) is 22.3 Å². The van der Waals surface area contributed by atoms with E-state index in [4.69, 9.17) is 4.74 Å². The summed E-state index contributed by atoms with van der Waals surface area (Å²) in [4.78, 5) is 0. The number of fused-ring (bicyclic) bond motifs is 13. The molecule has 3 aliphatic rings. The summed E-state index contributed by atoms with van der Waals surface area (Å²) in [5.74, 6) is 1.83. The monoisotopic (exact) mass is 582 g/mol. The van der Waals surface area contributed by atoms with Crippen molar-refractivity contribution in [3.05, 3.63) is 180 Å². The van der Waals surface area contributed by atoms with Crippen molar-refractivity contribution in [2.24, 2.45) is 0 Å². The van der Waals surface area contributed by atoms with E-state index in [9.17, 15) is 0 Å². The van der Waals surface area contributed by atoms with E-state index in [1.807, 2.05) is 0 Å². The number of para-hydroxylation sites is 1. The van der Waals surface area contributed by atoms with Gasteiger partial charge in [-0.05, 0) is 102 Å². The largest absolute Gasteiger partial charge is 0.456 e. The van der Waals surface area contributed by atoms with Gasteiger partial charge in [0.15, 0.2) is 0 Å². The molecule has 0 amide bonds. The normalized spacial score (nSPS) is 14.0. The maximum Gasteiger partial charge on any atom is 0.135 e. The minimum absolute atomic E-state index is 0.405. The molecular weight excluding hydrogens is 556 g/mol. The Balaban J connectivity index is 1.27. The van der Waals surface area contributed by atoms with Gasteiger partial charge < -0.3 is 4.74 Å². The van der Waals surface area contributed by atoms with Crippen molar-refractivity contribution in [1.29, 1.82) is 0 Å². The molecular formula is C45H26O. The van der Waals surface area contributed by atoms with Crippen molar-refractivity contribution in [2.45, 2.75) is 5.41 Å². The van der Waals surface area contributed by atoms with E-state index < -0.39 is 5.41 Å². The Bertz CT molecular complexity index is 2580. The Labute approximate surface area is 267 Å². The molecule has 2 aliphatic carbocycles. The standard InChI is InChI=1S/C45H26O/c1-2-11-29-25-40-36(24-28(29)10-1)34-23-21-30(26-39(34)45(40)37-16-6-3-13-32(37)33-14-4-7-17-38(33)45)31-22-20-27-12-9-19-42-43(27)44(31)35-15-5-8-18-41(35)46-42/h1-26H. The highest BCUT2D eigenvalue weighted by Crippen LogP contribution is 2.64. The number of rotatable bonds is 1. The first-order valence-corrected chi connectivity index (χ1v) is 16.0. The van der Waals surface area contributed by atoms with Crippen LogP contribution in [0.15, 0.2) is 158 Å². The van der Waals surface area contributed by atoms with Gasteiger partial charge in [-0.15, -0.1) is 0 Å². The molecule has 0 saturated carbocycles. The van der Waals surface area contributed by atoms with Gasteiger partial charge in [-0.25, -0.2) is 0 Å². The van der Waals surface area contributed by atoms with Crippen LogP contribution < -0.4 is 4.74 Å². The Hall–Kier alpha value is -5.92. The Morgan fingerprint density at radius 1 is 0.348 bits per heavy atom. The first kappa shape index (κ1) is 24.4. The first-order chi connectivity index (χ1) is 22.8. The van der Waals surface area contributed by atoms with Gasteiger partial charge in [0.2, 0.25) is 0 Å². The van der Waals surface area contributed by atoms with Crippen LogP contribution in [-0.4, -0.2) is 0 Å². The minimum Gasteiger partial charge on any atom is -0.456 e. The van der Waals surface area contributed by atoms with Crippen LogP contribution in [-0.2, 0) is 5.41 Å². The molecule has 0 fully saturated rings. The van der Waals surface area contributed by atoms with Crippen LogP contribution in [0.2, 0.25) is 0 Å². The zero-order chi connectivity index (χ0) is 30.0. The zero-order valence-corrected chi connectivity index (χ0v) is 24.9. The fraction of sp³-hybridized carbons (Fsp3) is 0.0222. The first-order valence-electron chi connectivity index (χ1n) is 16.0. The molecule has 1 heterocycles. The molecule has 212 valence electrons.